The maximum Gasteiger partial charge on any atom is 0.0612 e. The molecule has 3 nitrogen and oxygen atoms in total. The van der Waals surface area contributed by atoms with Crippen molar-refractivity contribution in [3.05, 3.63) is 22.7 Å². The highest BCUT2D eigenvalue weighted by molar-refractivity contribution is 6.31. The number of likely N-dealkylation sites (N-methyl/N-ethyl adjacent to an activating group) is 2. The molecule has 0 saturated carbocycles. The predicted octanol–water partition coefficient (Wildman–Crippen LogP) is 2.23. The first-order valence-electron chi connectivity index (χ1n) is 5.33. The van der Waals surface area contributed by atoms with E-state index in [9.17, 15) is 0 Å². The van der Waals surface area contributed by atoms with Crippen LogP contribution in [0.5, 0.6) is 0 Å². The van der Waals surface area contributed by atoms with Gasteiger partial charge in [0.1, 0.15) is 0 Å². The van der Waals surface area contributed by atoms with Gasteiger partial charge in [-0.2, -0.15) is 0 Å². The molecular formula is C12H20ClN3. The molecule has 2 N–H and O–H groups in total. The quantitative estimate of drug-likeness (QED) is 0.821. The van der Waals surface area contributed by atoms with E-state index in [1.54, 1.807) is 0 Å². The monoisotopic (exact) mass is 241 g/mol. The van der Waals surface area contributed by atoms with Crippen molar-refractivity contribution in [2.75, 3.05) is 44.9 Å². The predicted molar refractivity (Wildman–Crippen MR) is 72.4 cm³/mol. The summed E-state index contributed by atoms with van der Waals surface area (Å²) in [6, 6.07) is 3.85. The number of nitrogens with zero attached hydrogens (tertiary/aromatic N) is 2. The first kappa shape index (κ1) is 13.1. The molecule has 0 aliphatic carbocycles. The third-order valence-electron chi connectivity index (χ3n) is 2.60. The number of anilines is 2. The molecule has 0 amide bonds. The van der Waals surface area contributed by atoms with Gasteiger partial charge in [0.05, 0.1) is 11.4 Å². The Morgan fingerprint density at radius 1 is 1.19 bits per heavy atom. The summed E-state index contributed by atoms with van der Waals surface area (Å²) in [6.45, 7) is 3.88. The summed E-state index contributed by atoms with van der Waals surface area (Å²) in [7, 11) is 6.14. The van der Waals surface area contributed by atoms with Crippen LogP contribution in [-0.4, -0.2) is 39.1 Å². The van der Waals surface area contributed by atoms with Crippen molar-refractivity contribution in [3.8, 4) is 0 Å². The Labute approximate surface area is 103 Å². The Morgan fingerprint density at radius 2 is 1.81 bits per heavy atom. The second kappa shape index (κ2) is 5.41. The van der Waals surface area contributed by atoms with Crippen molar-refractivity contribution < 1.29 is 0 Å². The van der Waals surface area contributed by atoms with Crippen LogP contribution in [0, 0.1) is 6.92 Å². The zero-order valence-corrected chi connectivity index (χ0v) is 11.2. The van der Waals surface area contributed by atoms with Crippen molar-refractivity contribution in [2.45, 2.75) is 6.92 Å². The van der Waals surface area contributed by atoms with E-state index < -0.39 is 0 Å². The van der Waals surface area contributed by atoms with E-state index in [4.69, 9.17) is 17.3 Å². The lowest BCUT2D eigenvalue weighted by Gasteiger charge is -2.23. The molecule has 0 heterocycles. The van der Waals surface area contributed by atoms with Crippen LogP contribution < -0.4 is 10.6 Å². The number of nitrogens with two attached hydrogens (primary N) is 1. The van der Waals surface area contributed by atoms with Gasteiger partial charge in [0.2, 0.25) is 0 Å². The van der Waals surface area contributed by atoms with Crippen molar-refractivity contribution in [2.24, 2.45) is 0 Å². The molecule has 0 aliphatic rings. The standard InChI is InChI=1S/C12H20ClN3/c1-9-7-11(14)12(8-10(9)13)16(4)6-5-15(2)3/h7-8H,5-6,14H2,1-4H3. The number of halogens is 1. The first-order chi connectivity index (χ1) is 7.41. The summed E-state index contributed by atoms with van der Waals surface area (Å²) in [5.74, 6) is 0. The Balaban J connectivity index is 2.82. The minimum absolute atomic E-state index is 0.765. The van der Waals surface area contributed by atoms with Gasteiger partial charge in [0.15, 0.2) is 0 Å². The molecule has 0 unspecified atom stereocenters. The molecule has 90 valence electrons. The van der Waals surface area contributed by atoms with Gasteiger partial charge < -0.3 is 15.5 Å². The first-order valence-corrected chi connectivity index (χ1v) is 5.71. The highest BCUT2D eigenvalue weighted by Gasteiger charge is 2.08. The summed E-state index contributed by atoms with van der Waals surface area (Å²) in [5.41, 5.74) is 8.78. The molecule has 0 fully saturated rings. The van der Waals surface area contributed by atoms with E-state index in [0.29, 0.717) is 0 Å². The van der Waals surface area contributed by atoms with Crippen LogP contribution in [0.4, 0.5) is 11.4 Å². The maximum atomic E-state index is 6.10. The third-order valence-corrected chi connectivity index (χ3v) is 3.01. The summed E-state index contributed by atoms with van der Waals surface area (Å²) in [6.07, 6.45) is 0. The van der Waals surface area contributed by atoms with Crippen LogP contribution in [0.15, 0.2) is 12.1 Å². The fourth-order valence-corrected chi connectivity index (χ4v) is 1.65. The molecule has 0 atom stereocenters. The van der Waals surface area contributed by atoms with Crippen LogP contribution >= 0.6 is 11.6 Å². The number of nitrogen functional groups attached to an aromatic ring is 1. The number of hydrogen-bond donors (Lipinski definition) is 1. The summed E-state index contributed by atoms with van der Waals surface area (Å²) in [5, 5.41) is 0.765. The summed E-state index contributed by atoms with van der Waals surface area (Å²) < 4.78 is 0. The van der Waals surface area contributed by atoms with E-state index in [1.807, 2.05) is 26.1 Å². The zero-order valence-electron chi connectivity index (χ0n) is 10.4. The number of rotatable bonds is 4. The van der Waals surface area contributed by atoms with E-state index in [0.717, 1.165) is 35.1 Å². The molecule has 0 aromatic heterocycles. The molecule has 0 radical (unpaired) electrons. The molecule has 16 heavy (non-hydrogen) atoms. The average Bonchev–Trinajstić information content (AvgIpc) is 2.20. The highest BCUT2D eigenvalue weighted by Crippen LogP contribution is 2.28. The molecular weight excluding hydrogens is 222 g/mol. The molecule has 1 aromatic rings. The van der Waals surface area contributed by atoms with E-state index in [2.05, 4.69) is 23.9 Å². The van der Waals surface area contributed by atoms with Crippen LogP contribution in [0.1, 0.15) is 5.56 Å². The molecule has 0 saturated heterocycles. The van der Waals surface area contributed by atoms with Gasteiger partial charge in [-0.3, -0.25) is 0 Å². The molecule has 0 bridgehead atoms. The molecule has 0 spiro atoms. The highest BCUT2D eigenvalue weighted by atomic mass is 35.5. The second-order valence-corrected chi connectivity index (χ2v) is 4.79. The van der Waals surface area contributed by atoms with Crippen molar-refractivity contribution in [1.82, 2.24) is 4.90 Å². The smallest absolute Gasteiger partial charge is 0.0612 e. The fraction of sp³-hybridized carbons (Fsp3) is 0.500. The largest absolute Gasteiger partial charge is 0.397 e. The minimum Gasteiger partial charge on any atom is -0.397 e. The summed E-state index contributed by atoms with van der Waals surface area (Å²) in [4.78, 5) is 4.27. The van der Waals surface area contributed by atoms with Crippen LogP contribution in [0.2, 0.25) is 5.02 Å². The molecule has 4 heteroatoms. The lowest BCUT2D eigenvalue weighted by Crippen LogP contribution is -2.28. The Morgan fingerprint density at radius 3 is 2.38 bits per heavy atom. The van der Waals surface area contributed by atoms with E-state index in [1.165, 1.54) is 0 Å². The SMILES string of the molecule is Cc1cc(N)c(N(C)CCN(C)C)cc1Cl. The zero-order chi connectivity index (χ0) is 12.3. The van der Waals surface area contributed by atoms with Crippen LogP contribution in [0.25, 0.3) is 0 Å². The molecule has 0 aliphatic heterocycles. The van der Waals surface area contributed by atoms with Crippen molar-refractivity contribution in [1.29, 1.82) is 0 Å². The van der Waals surface area contributed by atoms with Gasteiger partial charge in [0, 0.05) is 25.2 Å². The van der Waals surface area contributed by atoms with E-state index in [-0.39, 0.29) is 0 Å². The van der Waals surface area contributed by atoms with Gasteiger partial charge in [-0.1, -0.05) is 11.6 Å². The van der Waals surface area contributed by atoms with Gasteiger partial charge in [-0.25, -0.2) is 0 Å². The minimum atomic E-state index is 0.765. The number of hydrogen-bond acceptors (Lipinski definition) is 3. The van der Waals surface area contributed by atoms with E-state index >= 15 is 0 Å². The van der Waals surface area contributed by atoms with Crippen molar-refractivity contribution >= 4 is 23.0 Å². The third kappa shape index (κ3) is 3.29. The Hall–Kier alpha value is -0.930. The molecule has 1 aromatic carbocycles. The Kier molecular flexibility index (Phi) is 4.44. The normalized spacial score (nSPS) is 10.9. The Bertz CT molecular complexity index is 364. The lowest BCUT2D eigenvalue weighted by molar-refractivity contribution is 0.416. The maximum absolute atomic E-state index is 6.10. The summed E-state index contributed by atoms with van der Waals surface area (Å²) >= 11 is 6.10. The van der Waals surface area contributed by atoms with Crippen molar-refractivity contribution in [3.63, 3.8) is 0 Å². The average molecular weight is 242 g/mol. The van der Waals surface area contributed by atoms with Crippen LogP contribution in [-0.2, 0) is 0 Å². The second-order valence-electron chi connectivity index (χ2n) is 4.39. The number of aryl methyl sites for hydroxylation is 1. The van der Waals surface area contributed by atoms with Crippen LogP contribution in [0.3, 0.4) is 0 Å². The van der Waals surface area contributed by atoms with Gasteiger partial charge in [0.25, 0.3) is 0 Å². The molecule has 1 rings (SSSR count). The van der Waals surface area contributed by atoms with Gasteiger partial charge in [-0.15, -0.1) is 0 Å². The van der Waals surface area contributed by atoms with Gasteiger partial charge >= 0.3 is 0 Å². The fourth-order valence-electron chi connectivity index (χ4n) is 1.49. The number of benzene rings is 1. The topological polar surface area (TPSA) is 32.5 Å². The van der Waals surface area contributed by atoms with Gasteiger partial charge in [-0.05, 0) is 38.7 Å². The lowest BCUT2D eigenvalue weighted by atomic mass is 10.2.